The molecule has 0 unspecified atom stereocenters. The van der Waals surface area contributed by atoms with E-state index in [4.69, 9.17) is 0 Å². The van der Waals surface area contributed by atoms with Crippen molar-refractivity contribution in [1.82, 2.24) is 24.1 Å². The molecule has 6 fully saturated rings. The van der Waals surface area contributed by atoms with Crippen molar-refractivity contribution >= 4 is 39.5 Å². The smallest absolute Gasteiger partial charge is 0.303 e. The zero-order chi connectivity index (χ0) is 45.1. The van der Waals surface area contributed by atoms with Gasteiger partial charge in [0.05, 0.1) is 23.5 Å². The van der Waals surface area contributed by atoms with E-state index >= 15 is 9.59 Å². The summed E-state index contributed by atoms with van der Waals surface area (Å²) in [4.78, 5) is 77.7. The zero-order valence-corrected chi connectivity index (χ0v) is 40.1. The Balaban J connectivity index is 1.30. The molecule has 0 radical (unpaired) electrons. The highest BCUT2D eigenvalue weighted by Gasteiger charge is 2.85. The Bertz CT molecular complexity index is 1840. The summed E-state index contributed by atoms with van der Waals surface area (Å²) in [5, 5.41) is 3.32. The molecule has 4 saturated carbocycles. The van der Waals surface area contributed by atoms with Crippen LogP contribution < -0.4 is 10.0 Å². The summed E-state index contributed by atoms with van der Waals surface area (Å²) in [5.41, 5.74) is -2.75. The van der Waals surface area contributed by atoms with Crippen molar-refractivity contribution in [2.45, 2.75) is 190 Å². The molecule has 0 aromatic rings. The minimum atomic E-state index is -4.13. The van der Waals surface area contributed by atoms with Crippen LogP contribution in [0.15, 0.2) is 12.7 Å². The number of fused-ring (bicyclic) bond motifs is 1. The molecule has 0 aromatic carbocycles. The van der Waals surface area contributed by atoms with Crippen molar-refractivity contribution in [3.05, 3.63) is 12.7 Å². The highest BCUT2D eigenvalue weighted by Crippen LogP contribution is 2.88. The van der Waals surface area contributed by atoms with E-state index in [1.54, 1.807) is 24.8 Å². The minimum Gasteiger partial charge on any atom is -0.344 e. The predicted molar refractivity (Wildman–Crippen MR) is 238 cm³/mol. The average Bonchev–Trinajstić information content (AvgIpc) is 3.90. The lowest BCUT2D eigenvalue weighted by atomic mass is 9.67. The van der Waals surface area contributed by atoms with E-state index in [2.05, 4.69) is 56.1 Å². The van der Waals surface area contributed by atoms with Crippen molar-refractivity contribution < 1.29 is 32.4 Å². The van der Waals surface area contributed by atoms with Crippen molar-refractivity contribution in [2.75, 3.05) is 26.2 Å². The number of nitrogens with zero attached hydrogens (tertiary/aromatic N) is 3. The zero-order valence-electron chi connectivity index (χ0n) is 39.3. The van der Waals surface area contributed by atoms with Crippen LogP contribution >= 0.6 is 0 Å². The highest BCUT2D eigenvalue weighted by atomic mass is 32.2. The standard InChI is InChI=1S/C48H79N5O7S/c1-12-33-28-46(33,42(58)50-61(59,60)51(13-2)14-3)30-38(55)36-29-48(44(9,10)47(48)24-20-25-47)31-53(36)41(57)34(43(6,7)8)27-37(54)39(45(11)22-17-15-18-23-45)49-40(56)35-21-16-19-26-52(35)32(4)5/h12,32-36,39H,1,13-31H2,2-11H3,(H,49,56)(H,50,58)/t33-,34-,35+,36+,39-,46-,48-/m1/s1. The average molecular weight is 870 g/mol. The number of carbonyl (C=O) groups excluding carboxylic acids is 5. The Morgan fingerprint density at radius 3 is 2.02 bits per heavy atom. The molecule has 7 atom stereocenters. The molecule has 2 spiro atoms. The van der Waals surface area contributed by atoms with Crippen LogP contribution in [0.1, 0.15) is 166 Å². The number of hydrogen-bond acceptors (Lipinski definition) is 8. The van der Waals surface area contributed by atoms with Crippen LogP contribution in [0.4, 0.5) is 0 Å². The van der Waals surface area contributed by atoms with E-state index in [-0.39, 0.29) is 83.6 Å². The van der Waals surface area contributed by atoms with Crippen LogP contribution in [0.3, 0.4) is 0 Å². The van der Waals surface area contributed by atoms with Crippen LogP contribution in [-0.2, 0) is 34.2 Å². The molecule has 12 nitrogen and oxygen atoms in total. The van der Waals surface area contributed by atoms with Gasteiger partial charge in [-0.15, -0.1) is 6.58 Å². The third kappa shape index (κ3) is 8.21. The maximum Gasteiger partial charge on any atom is 0.303 e. The number of ketones is 2. The molecule has 13 heteroatoms. The molecule has 2 N–H and O–H groups in total. The van der Waals surface area contributed by atoms with Crippen LogP contribution in [0.5, 0.6) is 0 Å². The fourth-order valence-corrected chi connectivity index (χ4v) is 14.5. The summed E-state index contributed by atoms with van der Waals surface area (Å²) < 4.78 is 29.9. The van der Waals surface area contributed by atoms with Gasteiger partial charge in [-0.2, -0.15) is 12.7 Å². The number of carbonyl (C=O) groups is 5. The molecule has 61 heavy (non-hydrogen) atoms. The fraction of sp³-hybridized carbons (Fsp3) is 0.854. The topological polar surface area (TPSA) is 153 Å². The summed E-state index contributed by atoms with van der Waals surface area (Å²) >= 11 is 0. The Hall–Kier alpha value is -2.64. The van der Waals surface area contributed by atoms with Crippen molar-refractivity contribution in [1.29, 1.82) is 0 Å². The molecule has 344 valence electrons. The number of piperidine rings is 1. The Kier molecular flexibility index (Phi) is 13.4. The lowest BCUT2D eigenvalue weighted by Gasteiger charge is -2.43. The van der Waals surface area contributed by atoms with E-state index in [0.29, 0.717) is 19.4 Å². The molecule has 4 aliphatic carbocycles. The van der Waals surface area contributed by atoms with E-state index in [0.717, 1.165) is 77.2 Å². The van der Waals surface area contributed by atoms with Crippen LogP contribution in [-0.4, -0.2) is 102 Å². The lowest BCUT2D eigenvalue weighted by Crippen LogP contribution is -2.59. The second-order valence-corrected chi connectivity index (χ2v) is 24.0. The summed E-state index contributed by atoms with van der Waals surface area (Å²) in [5.74, 6) is -2.57. The number of likely N-dealkylation sites (tertiary alicyclic amines) is 2. The summed E-state index contributed by atoms with van der Waals surface area (Å²) in [6.45, 7) is 25.8. The molecular weight excluding hydrogens is 791 g/mol. The normalized spacial score (nSPS) is 31.3. The second kappa shape index (κ2) is 17.1. The van der Waals surface area contributed by atoms with Gasteiger partial charge in [-0.05, 0) is 99.3 Å². The van der Waals surface area contributed by atoms with Crippen molar-refractivity contribution in [2.24, 2.45) is 44.3 Å². The van der Waals surface area contributed by atoms with Crippen LogP contribution in [0.2, 0.25) is 0 Å². The lowest BCUT2D eigenvalue weighted by molar-refractivity contribution is -0.147. The second-order valence-electron chi connectivity index (χ2n) is 22.3. The first kappa shape index (κ1) is 47.8. The Labute approximate surface area is 367 Å². The van der Waals surface area contributed by atoms with E-state index < -0.39 is 50.4 Å². The molecule has 3 amide bonds. The monoisotopic (exact) mass is 870 g/mol. The van der Waals surface area contributed by atoms with Crippen molar-refractivity contribution in [3.63, 3.8) is 0 Å². The molecule has 2 aliphatic heterocycles. The first-order valence-electron chi connectivity index (χ1n) is 23.8. The third-order valence-corrected chi connectivity index (χ3v) is 19.3. The molecule has 6 aliphatic rings. The van der Waals surface area contributed by atoms with E-state index in [1.165, 1.54) is 4.31 Å². The van der Waals surface area contributed by atoms with E-state index in [1.807, 2.05) is 20.8 Å². The minimum absolute atomic E-state index is 0.0185. The maximum absolute atomic E-state index is 15.5. The number of hydrogen-bond donors (Lipinski definition) is 2. The van der Waals surface area contributed by atoms with Gasteiger partial charge in [0.25, 0.3) is 0 Å². The quantitative estimate of drug-likeness (QED) is 0.149. The fourth-order valence-electron chi connectivity index (χ4n) is 13.2. The van der Waals surface area contributed by atoms with Gasteiger partial charge in [0.2, 0.25) is 17.7 Å². The molecule has 0 aromatic heterocycles. The number of allylic oxidation sites excluding steroid dienone is 1. The first-order valence-corrected chi connectivity index (χ1v) is 25.2. The number of amides is 3. The summed E-state index contributed by atoms with van der Waals surface area (Å²) in [6, 6.07) is -1.67. The van der Waals surface area contributed by atoms with Gasteiger partial charge in [-0.1, -0.05) is 93.6 Å². The van der Waals surface area contributed by atoms with Gasteiger partial charge >= 0.3 is 10.2 Å². The van der Waals surface area contributed by atoms with Gasteiger partial charge in [-0.25, -0.2) is 4.72 Å². The summed E-state index contributed by atoms with van der Waals surface area (Å²) in [7, 11) is -4.13. The van der Waals surface area contributed by atoms with Crippen molar-refractivity contribution in [3.8, 4) is 0 Å². The third-order valence-electron chi connectivity index (χ3n) is 17.7. The van der Waals surface area contributed by atoms with Gasteiger partial charge in [0.1, 0.15) is 0 Å². The Morgan fingerprint density at radius 2 is 1.51 bits per heavy atom. The predicted octanol–water partition coefficient (Wildman–Crippen LogP) is 6.98. The van der Waals surface area contributed by atoms with Gasteiger partial charge in [0, 0.05) is 49.9 Å². The van der Waals surface area contributed by atoms with Gasteiger partial charge in [0.15, 0.2) is 11.6 Å². The Morgan fingerprint density at radius 1 is 0.869 bits per heavy atom. The first-order chi connectivity index (χ1) is 28.4. The molecule has 2 heterocycles. The van der Waals surface area contributed by atoms with Crippen LogP contribution in [0.25, 0.3) is 0 Å². The summed E-state index contributed by atoms with van der Waals surface area (Å²) in [6.07, 6.45) is 12.7. The van der Waals surface area contributed by atoms with Crippen LogP contribution in [0, 0.1) is 44.3 Å². The maximum atomic E-state index is 15.5. The van der Waals surface area contributed by atoms with Gasteiger partial charge in [-0.3, -0.25) is 28.9 Å². The number of rotatable bonds is 17. The molecular formula is C48H79N5O7S. The number of Topliss-reactive ketones (excluding diaryl/α,β-unsaturated/α-hetero) is 2. The molecule has 6 rings (SSSR count). The highest BCUT2D eigenvalue weighted by molar-refractivity contribution is 7.87. The SMILES string of the molecule is C=C[C@@H]1C[C@]1(CC(=O)[C@@H]1C[C@@]2(CN1C(=O)[C@@H](CC(=O)[C@@H](NC(=O)[C@@H]1CCCCN1C(C)C)C1(C)CCCCC1)C(C)(C)C)C(C)(C)C21CCC1)C(=O)NS(=O)(=O)N(CC)CC. The largest absolute Gasteiger partial charge is 0.344 e. The van der Waals surface area contributed by atoms with E-state index in [9.17, 15) is 22.8 Å². The molecule has 2 saturated heterocycles. The molecule has 0 bridgehead atoms. The number of nitrogens with one attached hydrogen (secondary N) is 2. The van der Waals surface area contributed by atoms with Gasteiger partial charge < -0.3 is 10.2 Å².